The molecule has 0 amide bonds. The van der Waals surface area contributed by atoms with Crippen molar-refractivity contribution in [1.29, 1.82) is 0 Å². The Balaban J connectivity index is 3.19. The number of nitro groups is 1. The predicted molar refractivity (Wildman–Crippen MR) is 77.0 cm³/mol. The standard InChI is InChI=1S/C13H17FN2O4S/c1-4-5-6-7-15(3)21(19,20)11-8-10(2)13(14)12(9-11)16(17)18/h4,8-9H,1,5-7H2,2-3H3. The Kier molecular flexibility index (Phi) is 5.56. The smallest absolute Gasteiger partial charge is 0.258 e. The van der Waals surface area contributed by atoms with E-state index in [1.807, 2.05) is 0 Å². The molecule has 0 unspecified atom stereocenters. The second-order valence-electron chi connectivity index (χ2n) is 4.59. The number of unbranched alkanes of at least 4 members (excludes halogenated alkanes) is 1. The monoisotopic (exact) mass is 316 g/mol. The van der Waals surface area contributed by atoms with E-state index in [-0.39, 0.29) is 17.0 Å². The predicted octanol–water partition coefficient (Wildman–Crippen LogP) is 2.63. The van der Waals surface area contributed by atoms with Crippen molar-refractivity contribution in [1.82, 2.24) is 4.31 Å². The zero-order chi connectivity index (χ0) is 16.2. The van der Waals surface area contributed by atoms with E-state index >= 15 is 0 Å². The molecule has 1 aromatic rings. The molecule has 0 saturated heterocycles. The fourth-order valence-corrected chi connectivity index (χ4v) is 3.07. The van der Waals surface area contributed by atoms with Crippen molar-refractivity contribution in [2.75, 3.05) is 13.6 Å². The van der Waals surface area contributed by atoms with Crippen LogP contribution in [0.2, 0.25) is 0 Å². The van der Waals surface area contributed by atoms with Crippen molar-refractivity contribution in [3.63, 3.8) is 0 Å². The summed E-state index contributed by atoms with van der Waals surface area (Å²) >= 11 is 0. The summed E-state index contributed by atoms with van der Waals surface area (Å²) < 4.78 is 39.3. The van der Waals surface area contributed by atoms with Crippen LogP contribution in [0.25, 0.3) is 0 Å². The molecule has 0 radical (unpaired) electrons. The minimum Gasteiger partial charge on any atom is -0.258 e. The normalized spacial score (nSPS) is 11.6. The van der Waals surface area contributed by atoms with Gasteiger partial charge in [0.1, 0.15) is 0 Å². The lowest BCUT2D eigenvalue weighted by Crippen LogP contribution is -2.28. The summed E-state index contributed by atoms with van der Waals surface area (Å²) in [6, 6.07) is 1.85. The van der Waals surface area contributed by atoms with E-state index in [0.717, 1.165) is 16.4 Å². The highest BCUT2D eigenvalue weighted by atomic mass is 32.2. The van der Waals surface area contributed by atoms with E-state index in [9.17, 15) is 22.9 Å². The fraction of sp³-hybridized carbons (Fsp3) is 0.385. The molecule has 8 heteroatoms. The lowest BCUT2D eigenvalue weighted by molar-refractivity contribution is -0.387. The summed E-state index contributed by atoms with van der Waals surface area (Å²) in [5.41, 5.74) is -0.921. The molecule has 0 aliphatic rings. The number of halogens is 1. The quantitative estimate of drug-likeness (QED) is 0.335. The van der Waals surface area contributed by atoms with Crippen LogP contribution in [0.4, 0.5) is 10.1 Å². The first kappa shape index (κ1) is 17.3. The number of nitro benzene ring substituents is 1. The van der Waals surface area contributed by atoms with Gasteiger partial charge in [0.05, 0.1) is 9.82 Å². The molecule has 116 valence electrons. The van der Waals surface area contributed by atoms with Crippen molar-refractivity contribution >= 4 is 15.7 Å². The number of aryl methyl sites for hydroxylation is 1. The van der Waals surface area contributed by atoms with Crippen LogP contribution >= 0.6 is 0 Å². The highest BCUT2D eigenvalue weighted by Gasteiger charge is 2.26. The Morgan fingerprint density at radius 3 is 2.62 bits per heavy atom. The number of rotatable bonds is 7. The molecule has 0 N–H and O–H groups in total. The Morgan fingerprint density at radius 1 is 1.48 bits per heavy atom. The molecule has 0 fully saturated rings. The highest BCUT2D eigenvalue weighted by molar-refractivity contribution is 7.89. The lowest BCUT2D eigenvalue weighted by Gasteiger charge is -2.17. The second-order valence-corrected chi connectivity index (χ2v) is 6.63. The number of sulfonamides is 1. The molecule has 6 nitrogen and oxygen atoms in total. The van der Waals surface area contributed by atoms with Crippen molar-refractivity contribution < 1.29 is 17.7 Å². The summed E-state index contributed by atoms with van der Waals surface area (Å²) in [5, 5.41) is 10.8. The third-order valence-corrected chi connectivity index (χ3v) is 4.83. The van der Waals surface area contributed by atoms with E-state index in [1.165, 1.54) is 14.0 Å². The van der Waals surface area contributed by atoms with Crippen LogP contribution in [0.3, 0.4) is 0 Å². The molecule has 1 aromatic carbocycles. The minimum absolute atomic E-state index is 0.0812. The van der Waals surface area contributed by atoms with Gasteiger partial charge in [-0.1, -0.05) is 6.08 Å². The molecule has 0 aliphatic heterocycles. The van der Waals surface area contributed by atoms with Crippen LogP contribution in [-0.4, -0.2) is 31.2 Å². The largest absolute Gasteiger partial charge is 0.306 e. The summed E-state index contributed by atoms with van der Waals surface area (Å²) in [6.07, 6.45) is 2.91. The van der Waals surface area contributed by atoms with E-state index in [4.69, 9.17) is 0 Å². The first-order chi connectivity index (χ1) is 9.71. The van der Waals surface area contributed by atoms with E-state index in [2.05, 4.69) is 6.58 Å². The average Bonchev–Trinajstić information content (AvgIpc) is 2.41. The van der Waals surface area contributed by atoms with Crippen LogP contribution in [0, 0.1) is 22.9 Å². The SMILES string of the molecule is C=CCCCN(C)S(=O)(=O)c1cc(C)c(F)c([N+](=O)[O-])c1. The third kappa shape index (κ3) is 3.85. The zero-order valence-corrected chi connectivity index (χ0v) is 12.7. The Hall–Kier alpha value is -1.80. The molecular formula is C13H17FN2O4S. The second kappa shape index (κ2) is 6.77. The molecule has 21 heavy (non-hydrogen) atoms. The van der Waals surface area contributed by atoms with Gasteiger partial charge in [-0.2, -0.15) is 4.39 Å². The average molecular weight is 316 g/mol. The molecular weight excluding hydrogens is 299 g/mol. The van der Waals surface area contributed by atoms with Crippen molar-refractivity contribution in [3.8, 4) is 0 Å². The maximum Gasteiger partial charge on any atom is 0.306 e. The molecule has 0 spiro atoms. The highest BCUT2D eigenvalue weighted by Crippen LogP contribution is 2.26. The van der Waals surface area contributed by atoms with Crippen molar-refractivity contribution in [3.05, 3.63) is 46.3 Å². The van der Waals surface area contributed by atoms with Crippen molar-refractivity contribution in [2.45, 2.75) is 24.7 Å². The molecule has 0 saturated carbocycles. The molecule has 0 atom stereocenters. The van der Waals surface area contributed by atoms with Crippen LogP contribution < -0.4 is 0 Å². The zero-order valence-electron chi connectivity index (χ0n) is 11.9. The summed E-state index contributed by atoms with van der Waals surface area (Å²) in [7, 11) is -2.51. The van der Waals surface area contributed by atoms with Crippen molar-refractivity contribution in [2.24, 2.45) is 0 Å². The van der Waals surface area contributed by atoms with Gasteiger partial charge in [-0.25, -0.2) is 12.7 Å². The molecule has 0 aromatic heterocycles. The summed E-state index contributed by atoms with van der Waals surface area (Å²) in [4.78, 5) is 9.57. The molecule has 0 bridgehead atoms. The molecule has 1 rings (SSSR count). The summed E-state index contributed by atoms with van der Waals surface area (Å²) in [6.45, 7) is 5.08. The maximum atomic E-state index is 13.6. The number of benzene rings is 1. The van der Waals surface area contributed by atoms with Crippen LogP contribution in [0.15, 0.2) is 29.7 Å². The topological polar surface area (TPSA) is 80.5 Å². The van der Waals surface area contributed by atoms with Gasteiger partial charge >= 0.3 is 5.69 Å². The van der Waals surface area contributed by atoms with Gasteiger partial charge in [-0.3, -0.25) is 10.1 Å². The number of nitrogens with zero attached hydrogens (tertiary/aromatic N) is 2. The molecule has 0 aliphatic carbocycles. The third-order valence-electron chi connectivity index (χ3n) is 2.99. The number of hydrogen-bond acceptors (Lipinski definition) is 4. The Bertz CT molecular complexity index is 658. The van der Waals surface area contributed by atoms with E-state index in [0.29, 0.717) is 12.8 Å². The van der Waals surface area contributed by atoms with E-state index < -0.39 is 26.5 Å². The van der Waals surface area contributed by atoms with Gasteiger partial charge in [-0.15, -0.1) is 6.58 Å². The van der Waals surface area contributed by atoms with Gasteiger partial charge in [0.2, 0.25) is 15.8 Å². The van der Waals surface area contributed by atoms with E-state index in [1.54, 1.807) is 6.08 Å². The fourth-order valence-electron chi connectivity index (χ4n) is 1.76. The van der Waals surface area contributed by atoms with Gasteiger partial charge in [0.25, 0.3) is 0 Å². The van der Waals surface area contributed by atoms with Crippen LogP contribution in [0.5, 0.6) is 0 Å². The Labute approximate surface area is 123 Å². The Morgan fingerprint density at radius 2 is 2.10 bits per heavy atom. The minimum atomic E-state index is -3.89. The van der Waals surface area contributed by atoms with Crippen LogP contribution in [0.1, 0.15) is 18.4 Å². The van der Waals surface area contributed by atoms with Gasteiger partial charge in [0.15, 0.2) is 0 Å². The lowest BCUT2D eigenvalue weighted by atomic mass is 10.2. The first-order valence-electron chi connectivity index (χ1n) is 6.23. The maximum absolute atomic E-state index is 13.6. The molecule has 0 heterocycles. The van der Waals surface area contributed by atoms with Gasteiger partial charge in [-0.05, 0) is 31.4 Å². The van der Waals surface area contributed by atoms with Gasteiger partial charge < -0.3 is 0 Å². The number of allylic oxidation sites excluding steroid dienone is 1. The number of hydrogen-bond donors (Lipinski definition) is 0. The first-order valence-corrected chi connectivity index (χ1v) is 7.67. The summed E-state index contributed by atoms with van der Waals surface area (Å²) in [5.74, 6) is -1.02. The van der Waals surface area contributed by atoms with Gasteiger partial charge in [0, 0.05) is 19.7 Å². The van der Waals surface area contributed by atoms with Crippen LogP contribution in [-0.2, 0) is 10.0 Å².